The number of hydrogen-bond acceptors (Lipinski definition) is 4. The molecule has 0 radical (unpaired) electrons. The molecule has 1 aliphatic heterocycles. The van der Waals surface area contributed by atoms with Crippen molar-refractivity contribution in [3.8, 4) is 11.3 Å². The van der Waals surface area contributed by atoms with Crippen LogP contribution in [0.1, 0.15) is 19.3 Å². The van der Waals surface area contributed by atoms with Gasteiger partial charge in [0.1, 0.15) is 5.82 Å². The molecule has 24 heavy (non-hydrogen) atoms. The van der Waals surface area contributed by atoms with E-state index >= 15 is 0 Å². The van der Waals surface area contributed by atoms with Crippen LogP contribution < -0.4 is 5.32 Å². The third-order valence-corrected chi connectivity index (χ3v) is 4.94. The van der Waals surface area contributed by atoms with Gasteiger partial charge in [-0.05, 0) is 31.0 Å². The molecule has 2 fully saturated rings. The van der Waals surface area contributed by atoms with Crippen molar-refractivity contribution in [3.63, 3.8) is 0 Å². The average molecular weight is 343 g/mol. The third-order valence-electron chi connectivity index (χ3n) is 4.61. The SMILES string of the molecule is O=C1CC(CNc2ccc(-c3ccccc3Cl)nn2)CN1C1CC1. The Balaban J connectivity index is 1.36. The molecular formula is C18H19ClN4O. The molecule has 1 N–H and O–H groups in total. The maximum Gasteiger partial charge on any atom is 0.223 e. The molecule has 1 unspecified atom stereocenters. The zero-order valence-corrected chi connectivity index (χ0v) is 14.0. The smallest absolute Gasteiger partial charge is 0.223 e. The van der Waals surface area contributed by atoms with Gasteiger partial charge in [-0.15, -0.1) is 10.2 Å². The third kappa shape index (κ3) is 3.22. The predicted octanol–water partition coefficient (Wildman–Crippen LogP) is 3.22. The van der Waals surface area contributed by atoms with E-state index in [1.165, 1.54) is 12.8 Å². The summed E-state index contributed by atoms with van der Waals surface area (Å²) in [6.07, 6.45) is 2.97. The lowest BCUT2D eigenvalue weighted by Crippen LogP contribution is -2.28. The van der Waals surface area contributed by atoms with Gasteiger partial charge in [-0.1, -0.05) is 29.8 Å². The summed E-state index contributed by atoms with van der Waals surface area (Å²) in [7, 11) is 0. The van der Waals surface area contributed by atoms with E-state index < -0.39 is 0 Å². The Morgan fingerprint density at radius 2 is 2.00 bits per heavy atom. The Morgan fingerprint density at radius 1 is 1.17 bits per heavy atom. The Bertz CT molecular complexity index is 745. The number of likely N-dealkylation sites (tertiary alicyclic amines) is 1. The summed E-state index contributed by atoms with van der Waals surface area (Å²) in [5, 5.41) is 12.4. The van der Waals surface area contributed by atoms with Crippen LogP contribution in [0, 0.1) is 5.92 Å². The van der Waals surface area contributed by atoms with Gasteiger partial charge < -0.3 is 10.2 Å². The summed E-state index contributed by atoms with van der Waals surface area (Å²) in [6, 6.07) is 11.9. The lowest BCUT2D eigenvalue weighted by Gasteiger charge is -2.15. The number of benzene rings is 1. The van der Waals surface area contributed by atoms with Crippen molar-refractivity contribution in [1.29, 1.82) is 0 Å². The number of carbonyl (C=O) groups is 1. The van der Waals surface area contributed by atoms with Gasteiger partial charge in [0, 0.05) is 37.0 Å². The first-order chi connectivity index (χ1) is 11.7. The van der Waals surface area contributed by atoms with Gasteiger partial charge in [0.15, 0.2) is 0 Å². The Kier molecular flexibility index (Phi) is 4.10. The highest BCUT2D eigenvalue weighted by molar-refractivity contribution is 6.33. The Morgan fingerprint density at radius 3 is 2.71 bits per heavy atom. The lowest BCUT2D eigenvalue weighted by atomic mass is 10.1. The van der Waals surface area contributed by atoms with E-state index in [4.69, 9.17) is 11.6 Å². The molecule has 1 aromatic carbocycles. The summed E-state index contributed by atoms with van der Waals surface area (Å²) in [5.74, 6) is 1.37. The highest BCUT2D eigenvalue weighted by atomic mass is 35.5. The number of halogens is 1. The quantitative estimate of drug-likeness (QED) is 0.906. The standard InChI is InChI=1S/C18H19ClN4O/c19-15-4-2-1-3-14(15)16-7-8-17(22-21-16)20-10-12-9-18(24)23(11-12)13-5-6-13/h1-4,7-8,12-13H,5-6,9-11H2,(H,20,22). The Hall–Kier alpha value is -2.14. The van der Waals surface area contributed by atoms with Crippen LogP contribution in [0.3, 0.4) is 0 Å². The summed E-state index contributed by atoms with van der Waals surface area (Å²) in [5.41, 5.74) is 1.63. The summed E-state index contributed by atoms with van der Waals surface area (Å²) in [4.78, 5) is 14.0. The molecule has 0 bridgehead atoms. The van der Waals surface area contributed by atoms with Crippen molar-refractivity contribution in [2.24, 2.45) is 5.92 Å². The highest BCUT2D eigenvalue weighted by Gasteiger charge is 2.39. The molecule has 5 nitrogen and oxygen atoms in total. The van der Waals surface area contributed by atoms with Crippen molar-refractivity contribution in [3.05, 3.63) is 41.4 Å². The molecule has 1 atom stereocenters. The molecule has 1 aliphatic carbocycles. The largest absolute Gasteiger partial charge is 0.368 e. The summed E-state index contributed by atoms with van der Waals surface area (Å²) < 4.78 is 0. The van der Waals surface area contributed by atoms with E-state index in [1.54, 1.807) is 0 Å². The van der Waals surface area contributed by atoms with Crippen molar-refractivity contribution in [2.75, 3.05) is 18.4 Å². The maximum absolute atomic E-state index is 12.0. The minimum absolute atomic E-state index is 0.296. The fourth-order valence-electron chi connectivity index (χ4n) is 3.17. The number of hydrogen-bond donors (Lipinski definition) is 1. The van der Waals surface area contributed by atoms with Gasteiger partial charge in [-0.25, -0.2) is 0 Å². The minimum Gasteiger partial charge on any atom is -0.368 e. The van der Waals surface area contributed by atoms with E-state index in [0.717, 1.165) is 30.2 Å². The molecule has 0 spiro atoms. The zero-order chi connectivity index (χ0) is 16.5. The molecule has 1 aromatic heterocycles. The number of rotatable bonds is 5. The van der Waals surface area contributed by atoms with E-state index in [2.05, 4.69) is 15.5 Å². The van der Waals surface area contributed by atoms with Crippen LogP contribution in [0.5, 0.6) is 0 Å². The predicted molar refractivity (Wildman–Crippen MR) is 93.8 cm³/mol. The normalized spacial score (nSPS) is 20.5. The van der Waals surface area contributed by atoms with Crippen molar-refractivity contribution >= 4 is 23.3 Å². The Labute approximate surface area is 146 Å². The van der Waals surface area contributed by atoms with Crippen molar-refractivity contribution in [1.82, 2.24) is 15.1 Å². The molecule has 2 aromatic rings. The van der Waals surface area contributed by atoms with Gasteiger partial charge >= 0.3 is 0 Å². The van der Waals surface area contributed by atoms with Crippen LogP contribution in [-0.2, 0) is 4.79 Å². The van der Waals surface area contributed by atoms with Crippen LogP contribution in [0.4, 0.5) is 5.82 Å². The van der Waals surface area contributed by atoms with Gasteiger partial charge in [-0.2, -0.15) is 0 Å². The number of nitrogens with one attached hydrogen (secondary N) is 1. The average Bonchev–Trinajstić information content (AvgIpc) is 3.37. The van der Waals surface area contributed by atoms with E-state index in [0.29, 0.717) is 29.3 Å². The van der Waals surface area contributed by atoms with Gasteiger partial charge in [-0.3, -0.25) is 4.79 Å². The molecule has 124 valence electrons. The molecule has 2 aliphatic rings. The van der Waals surface area contributed by atoms with Crippen LogP contribution in [0.15, 0.2) is 36.4 Å². The number of amides is 1. The van der Waals surface area contributed by atoms with E-state index in [9.17, 15) is 4.79 Å². The lowest BCUT2D eigenvalue weighted by molar-refractivity contribution is -0.128. The van der Waals surface area contributed by atoms with Gasteiger partial charge in [0.05, 0.1) is 10.7 Å². The topological polar surface area (TPSA) is 58.1 Å². The molecule has 6 heteroatoms. The molecular weight excluding hydrogens is 324 g/mol. The number of aromatic nitrogens is 2. The second-order valence-corrected chi connectivity index (χ2v) is 6.92. The van der Waals surface area contributed by atoms with Gasteiger partial charge in [0.2, 0.25) is 5.91 Å². The first-order valence-electron chi connectivity index (χ1n) is 8.32. The summed E-state index contributed by atoms with van der Waals surface area (Å²) in [6.45, 7) is 1.61. The van der Waals surface area contributed by atoms with Crippen LogP contribution in [0.25, 0.3) is 11.3 Å². The first-order valence-corrected chi connectivity index (χ1v) is 8.70. The fraction of sp³-hybridized carbons (Fsp3) is 0.389. The highest BCUT2D eigenvalue weighted by Crippen LogP contribution is 2.32. The first kappa shape index (κ1) is 15.4. The number of nitrogens with zero attached hydrogens (tertiary/aromatic N) is 3. The van der Waals surface area contributed by atoms with Crippen LogP contribution in [-0.4, -0.2) is 40.1 Å². The van der Waals surface area contributed by atoms with Gasteiger partial charge in [0.25, 0.3) is 0 Å². The monoisotopic (exact) mass is 342 g/mol. The second kappa shape index (κ2) is 6.40. The molecule has 2 heterocycles. The van der Waals surface area contributed by atoms with Crippen LogP contribution in [0.2, 0.25) is 5.02 Å². The number of anilines is 1. The second-order valence-electron chi connectivity index (χ2n) is 6.51. The summed E-state index contributed by atoms with van der Waals surface area (Å²) >= 11 is 6.18. The molecule has 1 saturated heterocycles. The fourth-order valence-corrected chi connectivity index (χ4v) is 3.40. The maximum atomic E-state index is 12.0. The molecule has 1 saturated carbocycles. The van der Waals surface area contributed by atoms with Crippen LogP contribution >= 0.6 is 11.6 Å². The zero-order valence-electron chi connectivity index (χ0n) is 13.3. The van der Waals surface area contributed by atoms with Crippen molar-refractivity contribution < 1.29 is 4.79 Å². The number of carbonyl (C=O) groups excluding carboxylic acids is 1. The van der Waals surface area contributed by atoms with Crippen molar-refractivity contribution in [2.45, 2.75) is 25.3 Å². The van der Waals surface area contributed by atoms with E-state index in [1.807, 2.05) is 41.3 Å². The van der Waals surface area contributed by atoms with E-state index in [-0.39, 0.29) is 0 Å². The molecule has 4 rings (SSSR count). The minimum atomic E-state index is 0.296. The molecule has 1 amide bonds.